The number of hydrogen-bond donors (Lipinski definition) is 1. The van der Waals surface area contributed by atoms with Gasteiger partial charge in [0.15, 0.2) is 0 Å². The number of anilines is 1. The van der Waals surface area contributed by atoms with Crippen molar-refractivity contribution in [1.82, 2.24) is 19.7 Å². The molecule has 3 aromatic rings. The Bertz CT molecular complexity index is 910. The zero-order valence-corrected chi connectivity index (χ0v) is 14.4. The van der Waals surface area contributed by atoms with Crippen molar-refractivity contribution in [3.8, 4) is 11.4 Å². The summed E-state index contributed by atoms with van der Waals surface area (Å²) in [5.74, 6) is 0.389. The van der Waals surface area contributed by atoms with Gasteiger partial charge in [0, 0.05) is 31.0 Å². The Morgan fingerprint density at radius 2 is 1.96 bits per heavy atom. The molecule has 1 N–H and O–H groups in total. The fourth-order valence-electron chi connectivity index (χ4n) is 3.50. The van der Waals surface area contributed by atoms with Gasteiger partial charge in [-0.05, 0) is 19.8 Å². The first kappa shape index (κ1) is 16.3. The van der Waals surface area contributed by atoms with E-state index in [4.69, 9.17) is 4.52 Å². The minimum absolute atomic E-state index is 0.421. The van der Waals surface area contributed by atoms with E-state index in [2.05, 4.69) is 15.1 Å². The third-order valence-corrected chi connectivity index (χ3v) is 4.99. The summed E-state index contributed by atoms with van der Waals surface area (Å²) in [7, 11) is 0. The SMILES string of the molecule is Cc1nccn1C1(C(=O)O)CCN(c2nc(-c3ccccc3)no2)CC1. The number of aromatic nitrogens is 4. The van der Waals surface area contributed by atoms with Crippen LogP contribution in [0, 0.1) is 6.92 Å². The van der Waals surface area contributed by atoms with Crippen molar-refractivity contribution in [2.75, 3.05) is 18.0 Å². The predicted octanol–water partition coefficient (Wildman–Crippen LogP) is 2.32. The molecule has 8 nitrogen and oxygen atoms in total. The smallest absolute Gasteiger partial charge is 0.330 e. The molecule has 1 aliphatic rings. The molecule has 0 spiro atoms. The summed E-state index contributed by atoms with van der Waals surface area (Å²) in [6, 6.07) is 10.0. The Labute approximate surface area is 150 Å². The van der Waals surface area contributed by atoms with Crippen molar-refractivity contribution in [3.63, 3.8) is 0 Å². The maximum absolute atomic E-state index is 12.0. The summed E-state index contributed by atoms with van der Waals surface area (Å²) in [4.78, 5) is 22.6. The fourth-order valence-corrected chi connectivity index (χ4v) is 3.50. The second-order valence-corrected chi connectivity index (χ2v) is 6.43. The van der Waals surface area contributed by atoms with Crippen LogP contribution in [0.3, 0.4) is 0 Å². The van der Waals surface area contributed by atoms with Crippen LogP contribution in [0.1, 0.15) is 18.7 Å². The number of hydrogen-bond acceptors (Lipinski definition) is 6. The summed E-state index contributed by atoms with van der Waals surface area (Å²) in [5.41, 5.74) is -0.104. The lowest BCUT2D eigenvalue weighted by atomic mass is 9.87. The Hall–Kier alpha value is -3.16. The summed E-state index contributed by atoms with van der Waals surface area (Å²) in [6.07, 6.45) is 4.24. The molecular weight excluding hydrogens is 334 g/mol. The molecule has 134 valence electrons. The van der Waals surface area contributed by atoms with Crippen molar-refractivity contribution in [2.45, 2.75) is 25.3 Å². The second-order valence-electron chi connectivity index (χ2n) is 6.43. The molecule has 0 radical (unpaired) electrons. The van der Waals surface area contributed by atoms with Crippen LogP contribution < -0.4 is 4.90 Å². The monoisotopic (exact) mass is 353 g/mol. The van der Waals surface area contributed by atoms with E-state index >= 15 is 0 Å². The number of carbonyl (C=O) groups is 1. The van der Waals surface area contributed by atoms with Gasteiger partial charge in [0.1, 0.15) is 11.4 Å². The van der Waals surface area contributed by atoms with Crippen LogP contribution in [0.2, 0.25) is 0 Å². The maximum atomic E-state index is 12.0. The molecule has 1 aliphatic heterocycles. The van der Waals surface area contributed by atoms with Gasteiger partial charge in [-0.15, -0.1) is 0 Å². The topological polar surface area (TPSA) is 97.3 Å². The van der Waals surface area contributed by atoms with Crippen molar-refractivity contribution >= 4 is 12.0 Å². The van der Waals surface area contributed by atoms with Gasteiger partial charge in [0.05, 0.1) is 0 Å². The number of imidazole rings is 1. The molecule has 1 saturated heterocycles. The lowest BCUT2D eigenvalue weighted by Gasteiger charge is -2.39. The molecule has 4 rings (SSSR count). The van der Waals surface area contributed by atoms with Crippen molar-refractivity contribution < 1.29 is 14.4 Å². The number of piperidine rings is 1. The molecule has 0 unspecified atom stereocenters. The van der Waals surface area contributed by atoms with Crippen LogP contribution in [0.15, 0.2) is 47.2 Å². The summed E-state index contributed by atoms with van der Waals surface area (Å²) in [6.45, 7) is 2.85. The molecule has 2 aromatic heterocycles. The van der Waals surface area contributed by atoms with Gasteiger partial charge < -0.3 is 19.1 Å². The molecule has 0 atom stereocenters. The van der Waals surface area contributed by atoms with Crippen LogP contribution in [0.5, 0.6) is 0 Å². The van der Waals surface area contributed by atoms with Gasteiger partial charge in [-0.1, -0.05) is 35.5 Å². The number of carboxylic acid groups (broad SMARTS) is 1. The Kier molecular flexibility index (Phi) is 3.95. The molecule has 0 amide bonds. The first-order chi connectivity index (χ1) is 12.6. The molecule has 1 aromatic carbocycles. The standard InChI is InChI=1S/C18H19N5O3/c1-13-19-9-12-23(13)18(16(24)25)7-10-22(11-8-18)17-20-15(21-26-17)14-5-3-2-4-6-14/h2-6,9,12H,7-8,10-11H2,1H3,(H,24,25). The van der Waals surface area contributed by atoms with Crippen LogP contribution >= 0.6 is 0 Å². The number of carboxylic acids is 1. The zero-order chi connectivity index (χ0) is 18.1. The third kappa shape index (κ3) is 2.63. The molecule has 26 heavy (non-hydrogen) atoms. The number of aryl methyl sites for hydroxylation is 1. The molecule has 3 heterocycles. The van der Waals surface area contributed by atoms with Gasteiger partial charge in [-0.25, -0.2) is 9.78 Å². The van der Waals surface area contributed by atoms with E-state index in [0.29, 0.717) is 43.6 Å². The van der Waals surface area contributed by atoms with Gasteiger partial charge in [-0.2, -0.15) is 4.98 Å². The highest BCUT2D eigenvalue weighted by Crippen LogP contribution is 2.33. The van der Waals surface area contributed by atoms with Crippen molar-refractivity contribution in [2.24, 2.45) is 0 Å². The average Bonchev–Trinajstić information content (AvgIpc) is 3.32. The summed E-state index contributed by atoms with van der Waals surface area (Å²) in [5, 5.41) is 13.9. The fraction of sp³-hybridized carbons (Fsp3) is 0.333. The molecular formula is C18H19N5O3. The van der Waals surface area contributed by atoms with Crippen LogP contribution in [0.25, 0.3) is 11.4 Å². The number of aliphatic carboxylic acids is 1. The largest absolute Gasteiger partial charge is 0.479 e. The number of rotatable bonds is 4. The highest BCUT2D eigenvalue weighted by molar-refractivity contribution is 5.77. The lowest BCUT2D eigenvalue weighted by Crippen LogP contribution is -2.51. The van der Waals surface area contributed by atoms with Gasteiger partial charge in [0.25, 0.3) is 0 Å². The van der Waals surface area contributed by atoms with E-state index in [1.54, 1.807) is 17.0 Å². The Balaban J connectivity index is 1.54. The van der Waals surface area contributed by atoms with Crippen LogP contribution in [0.4, 0.5) is 6.01 Å². The molecule has 8 heteroatoms. The lowest BCUT2D eigenvalue weighted by molar-refractivity contribution is -0.149. The van der Waals surface area contributed by atoms with E-state index in [1.165, 1.54) is 0 Å². The van der Waals surface area contributed by atoms with Crippen molar-refractivity contribution in [1.29, 1.82) is 0 Å². The number of benzene rings is 1. The summed E-state index contributed by atoms with van der Waals surface area (Å²) < 4.78 is 7.16. The normalized spacial score (nSPS) is 16.6. The third-order valence-electron chi connectivity index (χ3n) is 4.99. The molecule has 0 bridgehead atoms. The van der Waals surface area contributed by atoms with Gasteiger partial charge >= 0.3 is 12.0 Å². The minimum atomic E-state index is -0.987. The van der Waals surface area contributed by atoms with E-state index < -0.39 is 11.5 Å². The summed E-state index contributed by atoms with van der Waals surface area (Å²) >= 11 is 0. The van der Waals surface area contributed by atoms with Gasteiger partial charge in [0.2, 0.25) is 5.82 Å². The van der Waals surface area contributed by atoms with E-state index in [9.17, 15) is 9.90 Å². The van der Waals surface area contributed by atoms with E-state index in [1.807, 2.05) is 42.2 Å². The Morgan fingerprint density at radius 1 is 1.23 bits per heavy atom. The van der Waals surface area contributed by atoms with Crippen molar-refractivity contribution in [3.05, 3.63) is 48.5 Å². The highest BCUT2D eigenvalue weighted by atomic mass is 16.5. The molecule has 1 fully saturated rings. The first-order valence-electron chi connectivity index (χ1n) is 8.48. The maximum Gasteiger partial charge on any atom is 0.330 e. The molecule has 0 aliphatic carbocycles. The van der Waals surface area contributed by atoms with E-state index in [0.717, 1.165) is 5.56 Å². The quantitative estimate of drug-likeness (QED) is 0.768. The van der Waals surface area contributed by atoms with Gasteiger partial charge in [-0.3, -0.25) is 0 Å². The Morgan fingerprint density at radius 3 is 2.58 bits per heavy atom. The van der Waals surface area contributed by atoms with Crippen LogP contribution in [-0.2, 0) is 10.3 Å². The first-order valence-corrected chi connectivity index (χ1v) is 8.48. The zero-order valence-electron chi connectivity index (χ0n) is 14.4. The van der Waals surface area contributed by atoms with Crippen LogP contribution in [-0.4, -0.2) is 43.9 Å². The highest BCUT2D eigenvalue weighted by Gasteiger charge is 2.44. The minimum Gasteiger partial charge on any atom is -0.479 e. The average molecular weight is 353 g/mol. The second kappa shape index (κ2) is 6.29. The molecule has 0 saturated carbocycles. The predicted molar refractivity (Wildman–Crippen MR) is 93.8 cm³/mol. The number of nitrogens with zero attached hydrogens (tertiary/aromatic N) is 5. The van der Waals surface area contributed by atoms with E-state index in [-0.39, 0.29) is 0 Å².